The molecule has 0 radical (unpaired) electrons. The van der Waals surface area contributed by atoms with Crippen molar-refractivity contribution in [3.8, 4) is 0 Å². The minimum absolute atomic E-state index is 0.262. The van der Waals surface area contributed by atoms with Crippen LogP contribution >= 0.6 is 11.3 Å². The second-order valence-corrected chi connectivity index (χ2v) is 8.96. The van der Waals surface area contributed by atoms with Gasteiger partial charge in [-0.3, -0.25) is 4.98 Å². The molecule has 1 aliphatic rings. The van der Waals surface area contributed by atoms with Gasteiger partial charge in [-0.25, -0.2) is 9.78 Å². The first kappa shape index (κ1) is 20.1. The van der Waals surface area contributed by atoms with Gasteiger partial charge in [-0.1, -0.05) is 6.92 Å². The van der Waals surface area contributed by atoms with Crippen molar-refractivity contribution in [2.75, 3.05) is 13.1 Å². The van der Waals surface area contributed by atoms with Gasteiger partial charge in [-0.05, 0) is 56.4 Å². The molecule has 1 amide bonds. The molecule has 29 heavy (non-hydrogen) atoms. The normalized spacial score (nSPS) is 20.9. The standard InChI is InChI=1S/C21H28N4O3S/c1-3-9-24(21(27)28)12-14-4-6-15(7-5-14)25-18-17(23-20(25)13(2)26)11-22-16-8-10-29-19(16)18/h8,10-11,13-15,26H,3-7,9,12H2,1-2H3,(H,27,28)/t13-,14-,15-/m1/s1. The summed E-state index contributed by atoms with van der Waals surface area (Å²) in [5.41, 5.74) is 2.87. The summed E-state index contributed by atoms with van der Waals surface area (Å²) >= 11 is 1.66. The number of imidazole rings is 1. The van der Waals surface area contributed by atoms with E-state index >= 15 is 0 Å². The maximum Gasteiger partial charge on any atom is 0.407 e. The molecule has 3 heterocycles. The highest BCUT2D eigenvalue weighted by Crippen LogP contribution is 2.39. The van der Waals surface area contributed by atoms with Crippen LogP contribution in [0, 0.1) is 5.92 Å². The third-order valence-electron chi connectivity index (χ3n) is 5.95. The molecule has 0 bridgehead atoms. The number of hydrogen-bond donors (Lipinski definition) is 2. The molecule has 0 spiro atoms. The quantitative estimate of drug-likeness (QED) is 0.601. The van der Waals surface area contributed by atoms with Gasteiger partial charge in [0.25, 0.3) is 0 Å². The van der Waals surface area contributed by atoms with Gasteiger partial charge in [-0.15, -0.1) is 11.3 Å². The summed E-state index contributed by atoms with van der Waals surface area (Å²) in [4.78, 5) is 22.2. The lowest BCUT2D eigenvalue weighted by Crippen LogP contribution is -2.36. The fourth-order valence-electron chi connectivity index (χ4n) is 4.59. The van der Waals surface area contributed by atoms with Crippen LogP contribution in [-0.4, -0.2) is 48.8 Å². The molecule has 1 fully saturated rings. The molecule has 2 N–H and O–H groups in total. The predicted molar refractivity (Wildman–Crippen MR) is 114 cm³/mol. The van der Waals surface area contributed by atoms with Crippen molar-refractivity contribution in [1.82, 2.24) is 19.4 Å². The van der Waals surface area contributed by atoms with Gasteiger partial charge >= 0.3 is 6.09 Å². The van der Waals surface area contributed by atoms with Crippen molar-refractivity contribution in [2.45, 2.75) is 58.1 Å². The van der Waals surface area contributed by atoms with Gasteiger partial charge in [0, 0.05) is 19.1 Å². The summed E-state index contributed by atoms with van der Waals surface area (Å²) in [7, 11) is 0. The number of aromatic nitrogens is 3. The number of carboxylic acid groups (broad SMARTS) is 1. The second-order valence-electron chi connectivity index (χ2n) is 8.05. The van der Waals surface area contributed by atoms with Crippen LogP contribution in [0.4, 0.5) is 4.79 Å². The monoisotopic (exact) mass is 416 g/mol. The molecular weight excluding hydrogens is 388 g/mol. The Hall–Kier alpha value is -2.19. The number of nitrogens with zero attached hydrogens (tertiary/aromatic N) is 4. The van der Waals surface area contributed by atoms with Crippen LogP contribution in [0.2, 0.25) is 0 Å². The highest BCUT2D eigenvalue weighted by atomic mass is 32.1. The van der Waals surface area contributed by atoms with E-state index in [2.05, 4.69) is 9.55 Å². The van der Waals surface area contributed by atoms with Gasteiger partial charge in [0.2, 0.25) is 0 Å². The van der Waals surface area contributed by atoms with Gasteiger partial charge in [0.15, 0.2) is 0 Å². The number of thiophene rings is 1. The number of hydrogen-bond acceptors (Lipinski definition) is 5. The minimum atomic E-state index is -0.821. The number of aliphatic hydroxyl groups is 1. The zero-order chi connectivity index (χ0) is 20.5. The highest BCUT2D eigenvalue weighted by molar-refractivity contribution is 7.18. The Morgan fingerprint density at radius 2 is 2.10 bits per heavy atom. The Morgan fingerprint density at radius 3 is 2.76 bits per heavy atom. The molecule has 8 heteroatoms. The summed E-state index contributed by atoms with van der Waals surface area (Å²) in [6.45, 7) is 4.98. The van der Waals surface area contributed by atoms with E-state index in [1.54, 1.807) is 29.4 Å². The molecule has 156 valence electrons. The Balaban J connectivity index is 1.60. The van der Waals surface area contributed by atoms with Gasteiger partial charge in [-0.2, -0.15) is 0 Å². The van der Waals surface area contributed by atoms with Crippen molar-refractivity contribution in [3.63, 3.8) is 0 Å². The third kappa shape index (κ3) is 3.83. The van der Waals surface area contributed by atoms with E-state index in [-0.39, 0.29) is 6.04 Å². The maximum absolute atomic E-state index is 11.5. The Labute approximate surface area is 174 Å². The molecule has 3 aromatic heterocycles. The fraction of sp³-hybridized carbons (Fsp3) is 0.571. The number of aliphatic hydroxyl groups excluding tert-OH is 1. The fourth-order valence-corrected chi connectivity index (χ4v) is 5.48. The van der Waals surface area contributed by atoms with E-state index in [9.17, 15) is 15.0 Å². The maximum atomic E-state index is 11.5. The molecular formula is C21H28N4O3S. The summed E-state index contributed by atoms with van der Waals surface area (Å²) in [6, 6.07) is 2.28. The van der Waals surface area contributed by atoms with Crippen LogP contribution in [-0.2, 0) is 0 Å². The molecule has 0 saturated heterocycles. The van der Waals surface area contributed by atoms with Crippen LogP contribution in [0.3, 0.4) is 0 Å². The zero-order valence-electron chi connectivity index (χ0n) is 16.9. The molecule has 0 unspecified atom stereocenters. The largest absolute Gasteiger partial charge is 0.465 e. The Morgan fingerprint density at radius 1 is 1.34 bits per heavy atom. The van der Waals surface area contributed by atoms with E-state index in [0.29, 0.717) is 24.8 Å². The van der Waals surface area contributed by atoms with E-state index in [1.165, 1.54) is 0 Å². The average Bonchev–Trinajstić information content (AvgIpc) is 3.32. The molecule has 1 saturated carbocycles. The molecule has 0 aliphatic heterocycles. The van der Waals surface area contributed by atoms with E-state index in [0.717, 1.165) is 53.4 Å². The summed E-state index contributed by atoms with van der Waals surface area (Å²) < 4.78 is 3.35. The van der Waals surface area contributed by atoms with Crippen LogP contribution in [0.15, 0.2) is 17.6 Å². The number of fused-ring (bicyclic) bond motifs is 3. The molecule has 3 aromatic rings. The van der Waals surface area contributed by atoms with Crippen molar-refractivity contribution < 1.29 is 15.0 Å². The molecule has 4 rings (SSSR count). The summed E-state index contributed by atoms with van der Waals surface area (Å²) in [5, 5.41) is 21.8. The molecule has 0 aromatic carbocycles. The lowest BCUT2D eigenvalue weighted by molar-refractivity contribution is 0.126. The van der Waals surface area contributed by atoms with Crippen molar-refractivity contribution in [3.05, 3.63) is 23.5 Å². The molecule has 1 aliphatic carbocycles. The first-order valence-corrected chi connectivity index (χ1v) is 11.3. The number of carbonyl (C=O) groups is 1. The first-order valence-electron chi connectivity index (χ1n) is 10.4. The highest BCUT2D eigenvalue weighted by Gasteiger charge is 2.29. The van der Waals surface area contributed by atoms with Crippen molar-refractivity contribution in [1.29, 1.82) is 0 Å². The Bertz CT molecular complexity index is 1000. The molecule has 7 nitrogen and oxygen atoms in total. The number of pyridine rings is 1. The molecule has 1 atom stereocenters. The van der Waals surface area contributed by atoms with E-state index in [4.69, 9.17) is 4.98 Å². The lowest BCUT2D eigenvalue weighted by Gasteiger charge is -2.33. The predicted octanol–water partition coefficient (Wildman–Crippen LogP) is 4.82. The first-order chi connectivity index (χ1) is 14.0. The van der Waals surface area contributed by atoms with Crippen LogP contribution in [0.1, 0.15) is 63.9 Å². The van der Waals surface area contributed by atoms with Crippen LogP contribution < -0.4 is 0 Å². The summed E-state index contributed by atoms with van der Waals surface area (Å²) in [6.07, 6.45) is 5.06. The van der Waals surface area contributed by atoms with Crippen LogP contribution in [0.5, 0.6) is 0 Å². The SMILES string of the molecule is CCCN(C[C@H]1CC[C@H](n2c([C@@H](C)O)nc3cnc4ccsc4c32)CC1)C(=O)O. The average molecular weight is 417 g/mol. The zero-order valence-corrected chi connectivity index (χ0v) is 17.7. The van der Waals surface area contributed by atoms with Gasteiger partial charge in [0.05, 0.1) is 21.9 Å². The van der Waals surface area contributed by atoms with E-state index in [1.807, 2.05) is 18.4 Å². The van der Waals surface area contributed by atoms with Crippen molar-refractivity contribution in [2.24, 2.45) is 5.92 Å². The van der Waals surface area contributed by atoms with Gasteiger partial charge < -0.3 is 19.7 Å². The topological polar surface area (TPSA) is 91.5 Å². The van der Waals surface area contributed by atoms with Crippen LogP contribution in [0.25, 0.3) is 21.3 Å². The summed E-state index contributed by atoms with van der Waals surface area (Å²) in [5.74, 6) is 1.09. The number of rotatable bonds is 6. The van der Waals surface area contributed by atoms with Crippen molar-refractivity contribution >= 4 is 38.7 Å². The van der Waals surface area contributed by atoms with E-state index < -0.39 is 12.2 Å². The lowest BCUT2D eigenvalue weighted by atomic mass is 9.85. The third-order valence-corrected chi connectivity index (χ3v) is 6.86. The van der Waals surface area contributed by atoms with Gasteiger partial charge in [0.1, 0.15) is 17.4 Å². The second kappa shape index (κ2) is 8.28. The number of amides is 1. The smallest absolute Gasteiger partial charge is 0.407 e. The Kier molecular flexibility index (Phi) is 5.74. The minimum Gasteiger partial charge on any atom is -0.465 e.